The molecule has 3 heteroatoms. The molecule has 7 atom stereocenters. The Hall–Kier alpha value is -1.09. The highest BCUT2D eigenvalue weighted by atomic mass is 16.3. The number of allylic oxidation sites excluding steroid dienone is 3. The van der Waals surface area contributed by atoms with E-state index in [9.17, 15) is 9.90 Å². The summed E-state index contributed by atoms with van der Waals surface area (Å²) in [6.45, 7) is 16.5. The summed E-state index contributed by atoms with van der Waals surface area (Å²) in [6.07, 6.45) is 10.5. The number of ketones is 1. The van der Waals surface area contributed by atoms with E-state index < -0.39 is 5.54 Å². The van der Waals surface area contributed by atoms with E-state index in [1.54, 1.807) is 0 Å². The Morgan fingerprint density at radius 3 is 2.31 bits per heavy atom. The van der Waals surface area contributed by atoms with Crippen molar-refractivity contribution in [1.29, 1.82) is 0 Å². The lowest BCUT2D eigenvalue weighted by atomic mass is 9.34. The molecule has 0 bridgehead atoms. The lowest BCUT2D eigenvalue weighted by Gasteiger charge is -2.71. The first-order chi connectivity index (χ1) is 14.7. The molecule has 32 heavy (non-hydrogen) atoms. The van der Waals surface area contributed by atoms with E-state index in [2.05, 4.69) is 54.5 Å². The second kappa shape index (κ2) is 6.52. The van der Waals surface area contributed by atoms with E-state index in [4.69, 9.17) is 5.73 Å². The van der Waals surface area contributed by atoms with Gasteiger partial charge in [-0.25, -0.2) is 0 Å². The van der Waals surface area contributed by atoms with Crippen molar-refractivity contribution in [2.24, 2.45) is 51.1 Å². The highest BCUT2D eigenvalue weighted by Crippen LogP contribution is 2.75. The minimum Gasteiger partial charge on any atom is -0.512 e. The van der Waals surface area contributed by atoms with Crippen LogP contribution in [0.25, 0.3) is 0 Å². The van der Waals surface area contributed by atoms with Crippen molar-refractivity contribution in [3.05, 3.63) is 23.0 Å². The number of aliphatic hydroxyl groups is 1. The van der Waals surface area contributed by atoms with Crippen LogP contribution in [0.5, 0.6) is 0 Å². The van der Waals surface area contributed by atoms with Crippen molar-refractivity contribution in [2.45, 2.75) is 105 Å². The van der Waals surface area contributed by atoms with E-state index in [0.717, 1.165) is 31.3 Å². The number of hydrogen-bond acceptors (Lipinski definition) is 3. The van der Waals surface area contributed by atoms with Crippen LogP contribution in [0, 0.1) is 45.3 Å². The van der Waals surface area contributed by atoms with Gasteiger partial charge in [0.25, 0.3) is 0 Å². The number of nitrogens with two attached hydrogens (primary N) is 1. The van der Waals surface area contributed by atoms with Crippen LogP contribution in [-0.4, -0.2) is 16.4 Å². The largest absolute Gasteiger partial charge is 0.512 e. The third kappa shape index (κ3) is 2.50. The van der Waals surface area contributed by atoms with E-state index in [-0.39, 0.29) is 27.6 Å². The van der Waals surface area contributed by atoms with Gasteiger partial charge >= 0.3 is 0 Å². The third-order valence-electron chi connectivity index (χ3n) is 12.0. The Labute approximate surface area is 195 Å². The molecular weight excluding hydrogens is 394 g/mol. The molecule has 3 saturated carbocycles. The molecule has 0 amide bonds. The minimum absolute atomic E-state index is 0.143. The quantitative estimate of drug-likeness (QED) is 0.476. The van der Waals surface area contributed by atoms with Gasteiger partial charge in [-0.15, -0.1) is 0 Å². The Balaban J connectivity index is 1.61. The number of fused-ring (bicyclic) bond motifs is 7. The van der Waals surface area contributed by atoms with Gasteiger partial charge in [0.2, 0.25) is 0 Å². The Bertz CT molecular complexity index is 927. The van der Waals surface area contributed by atoms with Gasteiger partial charge in [-0.2, -0.15) is 0 Å². The van der Waals surface area contributed by atoms with Crippen LogP contribution in [0.15, 0.2) is 23.0 Å². The van der Waals surface area contributed by atoms with Crippen LogP contribution < -0.4 is 5.73 Å². The molecule has 5 aliphatic carbocycles. The van der Waals surface area contributed by atoms with Crippen LogP contribution >= 0.6 is 0 Å². The fourth-order valence-corrected chi connectivity index (χ4v) is 10.2. The maximum absolute atomic E-state index is 13.1. The zero-order chi connectivity index (χ0) is 23.5. The third-order valence-corrected chi connectivity index (χ3v) is 12.0. The van der Waals surface area contributed by atoms with Gasteiger partial charge in [-0.3, -0.25) is 4.79 Å². The molecule has 3 N–H and O–H groups in total. The highest BCUT2D eigenvalue weighted by Gasteiger charge is 2.69. The van der Waals surface area contributed by atoms with Crippen LogP contribution in [0.1, 0.15) is 99.8 Å². The standard InChI is InChI=1S/C29H45NO2/c1-17(2)23-19(31)16-29(30)15-14-27(6)18(24(23)29)8-9-21-26(5)12-11-22(32)25(3,4)20(26)10-13-28(21,27)7/h11,17-18,20-21,32H,8-10,12-16,30H2,1-7H3/t18-,20+,21-,26+,27-,28-,29-/m1/s1. The number of carbonyl (C=O) groups excluding carboxylic acids is 1. The van der Waals surface area contributed by atoms with Crippen LogP contribution in [0.2, 0.25) is 0 Å². The van der Waals surface area contributed by atoms with Crippen LogP contribution in [0.3, 0.4) is 0 Å². The van der Waals surface area contributed by atoms with Crippen molar-refractivity contribution in [1.82, 2.24) is 0 Å². The van der Waals surface area contributed by atoms with Gasteiger partial charge in [0.15, 0.2) is 5.78 Å². The smallest absolute Gasteiger partial charge is 0.161 e. The number of hydrogen-bond donors (Lipinski definition) is 2. The Kier molecular flexibility index (Phi) is 4.62. The number of Topliss-reactive ketones (excluding diaryl/α,β-unsaturated/α-hetero) is 1. The summed E-state index contributed by atoms with van der Waals surface area (Å²) in [6, 6.07) is 0. The minimum atomic E-state index is -0.396. The number of aliphatic hydroxyl groups excluding tert-OH is 1. The van der Waals surface area contributed by atoms with E-state index in [0.29, 0.717) is 35.7 Å². The van der Waals surface area contributed by atoms with Crippen molar-refractivity contribution in [2.75, 3.05) is 0 Å². The predicted molar refractivity (Wildman–Crippen MR) is 130 cm³/mol. The summed E-state index contributed by atoms with van der Waals surface area (Å²) in [5, 5.41) is 10.7. The summed E-state index contributed by atoms with van der Waals surface area (Å²) in [4.78, 5) is 13.1. The van der Waals surface area contributed by atoms with Gasteiger partial charge in [0.1, 0.15) is 0 Å². The molecule has 0 unspecified atom stereocenters. The van der Waals surface area contributed by atoms with Crippen LogP contribution in [0.4, 0.5) is 0 Å². The molecule has 0 radical (unpaired) electrons. The first kappa shape index (κ1) is 22.7. The van der Waals surface area contributed by atoms with Crippen LogP contribution in [-0.2, 0) is 4.79 Å². The normalized spacial score (nSPS) is 49.8. The molecule has 0 aromatic rings. The van der Waals surface area contributed by atoms with Crippen molar-refractivity contribution in [3.8, 4) is 0 Å². The molecule has 0 aliphatic heterocycles. The Morgan fingerprint density at radius 1 is 0.969 bits per heavy atom. The molecule has 0 aromatic heterocycles. The first-order valence-electron chi connectivity index (χ1n) is 13.2. The lowest BCUT2D eigenvalue weighted by Crippen LogP contribution is -2.65. The maximum atomic E-state index is 13.1. The van der Waals surface area contributed by atoms with Gasteiger partial charge in [0, 0.05) is 17.4 Å². The monoisotopic (exact) mass is 439 g/mol. The molecule has 178 valence electrons. The topological polar surface area (TPSA) is 63.3 Å². The fraction of sp³-hybridized carbons (Fsp3) is 0.828. The molecule has 0 aromatic carbocycles. The molecule has 0 spiro atoms. The lowest BCUT2D eigenvalue weighted by molar-refractivity contribution is -0.199. The van der Waals surface area contributed by atoms with Crippen molar-refractivity contribution >= 4 is 5.78 Å². The SMILES string of the molecule is CC(C)C1=C2[C@H]3CC[C@@H]4[C@@]5(C)CC=C(O)C(C)(C)[C@@H]5CC[C@@]4(C)[C@]3(C)CC[C@@]2(N)CC1=O. The van der Waals surface area contributed by atoms with Gasteiger partial charge in [-0.05, 0) is 102 Å². The van der Waals surface area contributed by atoms with E-state index in [1.165, 1.54) is 24.8 Å². The van der Waals surface area contributed by atoms with Crippen molar-refractivity contribution in [3.63, 3.8) is 0 Å². The number of rotatable bonds is 1. The highest BCUT2D eigenvalue weighted by molar-refractivity contribution is 6.01. The molecule has 5 aliphatic rings. The molecular formula is C29H45NO2. The van der Waals surface area contributed by atoms with E-state index >= 15 is 0 Å². The second-order valence-electron chi connectivity index (χ2n) is 13.9. The predicted octanol–water partition coefficient (Wildman–Crippen LogP) is 6.73. The van der Waals surface area contributed by atoms with Gasteiger partial charge < -0.3 is 10.8 Å². The molecule has 3 nitrogen and oxygen atoms in total. The summed E-state index contributed by atoms with van der Waals surface area (Å²) in [5.41, 5.74) is 9.57. The molecule has 5 rings (SSSR count). The van der Waals surface area contributed by atoms with Gasteiger partial charge in [-0.1, -0.05) is 48.5 Å². The second-order valence-corrected chi connectivity index (χ2v) is 13.9. The first-order valence-corrected chi connectivity index (χ1v) is 13.2. The van der Waals surface area contributed by atoms with E-state index in [1.807, 2.05) is 0 Å². The zero-order valence-electron chi connectivity index (χ0n) is 21.5. The summed E-state index contributed by atoms with van der Waals surface area (Å²) < 4.78 is 0. The average molecular weight is 440 g/mol. The number of carbonyl (C=O) groups is 1. The molecule has 3 fully saturated rings. The molecule has 0 saturated heterocycles. The Morgan fingerprint density at radius 2 is 1.66 bits per heavy atom. The van der Waals surface area contributed by atoms with Gasteiger partial charge in [0.05, 0.1) is 5.76 Å². The molecule has 0 heterocycles. The average Bonchev–Trinajstić information content (AvgIpc) is 2.96. The zero-order valence-corrected chi connectivity index (χ0v) is 21.5. The maximum Gasteiger partial charge on any atom is 0.161 e. The fourth-order valence-electron chi connectivity index (χ4n) is 10.2. The summed E-state index contributed by atoms with van der Waals surface area (Å²) in [5.74, 6) is 2.78. The summed E-state index contributed by atoms with van der Waals surface area (Å²) in [7, 11) is 0. The van der Waals surface area contributed by atoms with Crippen molar-refractivity contribution < 1.29 is 9.90 Å². The summed E-state index contributed by atoms with van der Waals surface area (Å²) >= 11 is 0.